The quantitative estimate of drug-likeness (QED) is 0.732. The largest absolute Gasteiger partial charge is 0.505 e. The fourth-order valence-corrected chi connectivity index (χ4v) is 2.47. The minimum atomic E-state index is -0.756. The second kappa shape index (κ2) is 6.19. The van der Waals surface area contributed by atoms with Crippen molar-refractivity contribution in [2.45, 2.75) is 12.8 Å². The molecule has 3 N–H and O–H groups in total. The van der Waals surface area contributed by atoms with Crippen LogP contribution in [0.4, 0.5) is 10.1 Å². The first-order chi connectivity index (χ1) is 9.57. The Morgan fingerprint density at radius 2 is 2.20 bits per heavy atom. The summed E-state index contributed by atoms with van der Waals surface area (Å²) in [6.45, 7) is 1.84. The first kappa shape index (κ1) is 14.7. The molecular formula is C14H19FN2O3. The molecule has 0 atom stereocenters. The second-order valence-electron chi connectivity index (χ2n) is 5.08. The van der Waals surface area contributed by atoms with Crippen LogP contribution < -0.4 is 10.6 Å². The number of hydrogen-bond donors (Lipinski definition) is 3. The van der Waals surface area contributed by atoms with Gasteiger partial charge in [-0.25, -0.2) is 4.39 Å². The molecular weight excluding hydrogens is 263 g/mol. The number of aromatic hydroxyl groups is 1. The number of rotatable bonds is 4. The summed E-state index contributed by atoms with van der Waals surface area (Å²) in [7, 11) is 1.57. The van der Waals surface area contributed by atoms with E-state index >= 15 is 0 Å². The van der Waals surface area contributed by atoms with E-state index < -0.39 is 17.0 Å². The molecule has 0 radical (unpaired) electrons. The maximum absolute atomic E-state index is 13.3. The number of anilines is 1. The lowest BCUT2D eigenvalue weighted by Crippen LogP contribution is -2.47. The Hall–Kier alpha value is -1.66. The molecule has 0 aliphatic carbocycles. The Balaban J connectivity index is 2.13. The third-order valence-corrected chi connectivity index (χ3v) is 3.67. The third kappa shape index (κ3) is 3.08. The van der Waals surface area contributed by atoms with Crippen LogP contribution in [-0.2, 0) is 9.53 Å². The van der Waals surface area contributed by atoms with Crippen molar-refractivity contribution in [3.05, 3.63) is 24.0 Å². The SMILES string of the molecule is COCC1(C(=O)Nc2ccc(O)c(F)c2)CCNCC1. The molecule has 20 heavy (non-hydrogen) atoms. The summed E-state index contributed by atoms with van der Waals surface area (Å²) >= 11 is 0. The molecule has 1 aliphatic rings. The van der Waals surface area contributed by atoms with Gasteiger partial charge < -0.3 is 20.5 Å². The van der Waals surface area contributed by atoms with Gasteiger partial charge in [-0.1, -0.05) is 0 Å². The van der Waals surface area contributed by atoms with Crippen LogP contribution in [0.1, 0.15) is 12.8 Å². The van der Waals surface area contributed by atoms with Crippen molar-refractivity contribution in [1.29, 1.82) is 0 Å². The summed E-state index contributed by atoms with van der Waals surface area (Å²) in [5.74, 6) is -1.36. The van der Waals surface area contributed by atoms with E-state index in [-0.39, 0.29) is 5.91 Å². The summed E-state index contributed by atoms with van der Waals surface area (Å²) in [6.07, 6.45) is 1.35. The van der Waals surface area contributed by atoms with Gasteiger partial charge in [-0.3, -0.25) is 4.79 Å². The molecule has 1 amide bonds. The zero-order chi connectivity index (χ0) is 14.6. The molecule has 5 nitrogen and oxygen atoms in total. The number of carbonyl (C=O) groups is 1. The van der Waals surface area contributed by atoms with Gasteiger partial charge in [0.25, 0.3) is 0 Å². The standard InChI is InChI=1S/C14H19FN2O3/c1-20-9-14(4-6-16-7-5-14)13(19)17-10-2-3-12(18)11(15)8-10/h2-3,8,16,18H,4-7,9H2,1H3,(H,17,19). The molecule has 110 valence electrons. The molecule has 0 bridgehead atoms. The highest BCUT2D eigenvalue weighted by atomic mass is 19.1. The number of amides is 1. The Labute approximate surface area is 117 Å². The van der Waals surface area contributed by atoms with E-state index in [0.717, 1.165) is 19.2 Å². The average molecular weight is 282 g/mol. The Morgan fingerprint density at radius 3 is 2.80 bits per heavy atom. The number of nitrogens with one attached hydrogen (secondary N) is 2. The first-order valence-electron chi connectivity index (χ1n) is 6.57. The highest BCUT2D eigenvalue weighted by molar-refractivity contribution is 5.95. The van der Waals surface area contributed by atoms with Crippen LogP contribution in [0.2, 0.25) is 0 Å². The van der Waals surface area contributed by atoms with Crippen LogP contribution in [0.5, 0.6) is 5.75 Å². The molecule has 0 spiro atoms. The summed E-state index contributed by atoms with van der Waals surface area (Å²) in [6, 6.07) is 3.79. The second-order valence-corrected chi connectivity index (χ2v) is 5.08. The van der Waals surface area contributed by atoms with E-state index in [1.54, 1.807) is 7.11 Å². The average Bonchev–Trinajstić information content (AvgIpc) is 2.44. The van der Waals surface area contributed by atoms with Crippen molar-refractivity contribution in [3.63, 3.8) is 0 Å². The van der Waals surface area contributed by atoms with Crippen molar-refractivity contribution in [2.75, 3.05) is 32.1 Å². The minimum Gasteiger partial charge on any atom is -0.505 e. The van der Waals surface area contributed by atoms with Crippen LogP contribution >= 0.6 is 0 Å². The van der Waals surface area contributed by atoms with Gasteiger partial charge in [0.2, 0.25) is 5.91 Å². The van der Waals surface area contributed by atoms with Crippen LogP contribution in [0.15, 0.2) is 18.2 Å². The molecule has 1 aromatic carbocycles. The summed E-state index contributed by atoms with van der Waals surface area (Å²) in [4.78, 5) is 12.5. The number of phenolic OH excluding ortho intramolecular Hbond substituents is 1. The molecule has 0 aromatic heterocycles. The lowest BCUT2D eigenvalue weighted by atomic mass is 9.78. The Bertz CT molecular complexity index is 482. The fraction of sp³-hybridized carbons (Fsp3) is 0.500. The smallest absolute Gasteiger partial charge is 0.233 e. The van der Waals surface area contributed by atoms with E-state index in [1.165, 1.54) is 12.1 Å². The predicted octanol–water partition coefficient (Wildman–Crippen LogP) is 1.49. The number of piperidine rings is 1. The van der Waals surface area contributed by atoms with Crippen LogP contribution in [0.25, 0.3) is 0 Å². The Morgan fingerprint density at radius 1 is 1.50 bits per heavy atom. The lowest BCUT2D eigenvalue weighted by Gasteiger charge is -2.35. The van der Waals surface area contributed by atoms with E-state index in [2.05, 4.69) is 10.6 Å². The van der Waals surface area contributed by atoms with Crippen molar-refractivity contribution in [3.8, 4) is 5.75 Å². The monoisotopic (exact) mass is 282 g/mol. The zero-order valence-corrected chi connectivity index (χ0v) is 11.4. The Kier molecular flexibility index (Phi) is 4.57. The molecule has 0 saturated carbocycles. The number of hydrogen-bond acceptors (Lipinski definition) is 4. The van der Waals surface area contributed by atoms with Gasteiger partial charge in [-0.15, -0.1) is 0 Å². The normalized spacial score (nSPS) is 17.7. The summed E-state index contributed by atoms with van der Waals surface area (Å²) in [5.41, 5.74) is -0.256. The highest BCUT2D eigenvalue weighted by Gasteiger charge is 2.39. The van der Waals surface area contributed by atoms with E-state index in [4.69, 9.17) is 9.84 Å². The summed E-state index contributed by atoms with van der Waals surface area (Å²) in [5, 5.41) is 15.1. The van der Waals surface area contributed by atoms with Crippen molar-refractivity contribution < 1.29 is 19.0 Å². The third-order valence-electron chi connectivity index (χ3n) is 3.67. The topological polar surface area (TPSA) is 70.6 Å². The van der Waals surface area contributed by atoms with Gasteiger partial charge in [0.1, 0.15) is 0 Å². The van der Waals surface area contributed by atoms with Gasteiger partial charge in [-0.2, -0.15) is 0 Å². The van der Waals surface area contributed by atoms with Gasteiger partial charge in [0.15, 0.2) is 11.6 Å². The maximum atomic E-state index is 13.3. The van der Waals surface area contributed by atoms with Crippen LogP contribution in [0.3, 0.4) is 0 Å². The van der Waals surface area contributed by atoms with E-state index in [0.29, 0.717) is 25.1 Å². The number of ether oxygens (including phenoxy) is 1. The molecule has 1 fully saturated rings. The molecule has 0 unspecified atom stereocenters. The number of halogens is 1. The molecule has 1 saturated heterocycles. The molecule has 2 rings (SSSR count). The van der Waals surface area contributed by atoms with Crippen molar-refractivity contribution >= 4 is 11.6 Å². The van der Waals surface area contributed by atoms with Crippen LogP contribution in [-0.4, -0.2) is 37.8 Å². The lowest BCUT2D eigenvalue weighted by molar-refractivity contribution is -0.130. The molecule has 1 aromatic rings. The van der Waals surface area contributed by atoms with Crippen molar-refractivity contribution in [1.82, 2.24) is 5.32 Å². The number of carbonyl (C=O) groups excluding carboxylic acids is 1. The van der Waals surface area contributed by atoms with Gasteiger partial charge >= 0.3 is 0 Å². The number of methoxy groups -OCH3 is 1. The summed E-state index contributed by atoms with van der Waals surface area (Å²) < 4.78 is 18.5. The van der Waals surface area contributed by atoms with Gasteiger partial charge in [-0.05, 0) is 38.1 Å². The zero-order valence-electron chi connectivity index (χ0n) is 11.4. The van der Waals surface area contributed by atoms with E-state index in [1.807, 2.05) is 0 Å². The van der Waals surface area contributed by atoms with Gasteiger partial charge in [0, 0.05) is 18.9 Å². The van der Waals surface area contributed by atoms with E-state index in [9.17, 15) is 9.18 Å². The highest BCUT2D eigenvalue weighted by Crippen LogP contribution is 2.31. The first-order valence-corrected chi connectivity index (χ1v) is 6.57. The van der Waals surface area contributed by atoms with Crippen LogP contribution in [0, 0.1) is 11.2 Å². The molecule has 1 heterocycles. The number of benzene rings is 1. The minimum absolute atomic E-state index is 0.175. The van der Waals surface area contributed by atoms with Crippen molar-refractivity contribution in [2.24, 2.45) is 5.41 Å². The molecule has 1 aliphatic heterocycles. The maximum Gasteiger partial charge on any atom is 0.233 e. The molecule has 6 heteroatoms. The fourth-order valence-electron chi connectivity index (χ4n) is 2.47. The number of phenols is 1. The van der Waals surface area contributed by atoms with Gasteiger partial charge in [0.05, 0.1) is 12.0 Å². The predicted molar refractivity (Wildman–Crippen MR) is 73.1 cm³/mol.